The minimum Gasteiger partial charge on any atom is -0.461 e. The van der Waals surface area contributed by atoms with Crippen LogP contribution in [0.25, 0.3) is 11.2 Å². The molecule has 2 aromatic heterocycles. The van der Waals surface area contributed by atoms with Crippen LogP contribution in [0.15, 0.2) is 53.6 Å². The van der Waals surface area contributed by atoms with Gasteiger partial charge in [-0.1, -0.05) is 24.8 Å². The molecule has 0 amide bonds. The van der Waals surface area contributed by atoms with E-state index in [4.69, 9.17) is 19.5 Å². The summed E-state index contributed by atoms with van der Waals surface area (Å²) in [7, 11) is -4.12. The molecule has 14 heteroatoms. The van der Waals surface area contributed by atoms with Gasteiger partial charge in [0.05, 0.1) is 25.1 Å². The predicted molar refractivity (Wildman–Crippen MR) is 142 cm³/mol. The van der Waals surface area contributed by atoms with Crippen molar-refractivity contribution in [3.63, 3.8) is 0 Å². The Morgan fingerprint density at radius 3 is 2.79 bits per heavy atom. The minimum atomic E-state index is -4.12. The van der Waals surface area contributed by atoms with Crippen molar-refractivity contribution >= 4 is 30.8 Å². The third kappa shape index (κ3) is 5.76. The summed E-state index contributed by atoms with van der Waals surface area (Å²) in [5.74, 6) is -0.985. The van der Waals surface area contributed by atoms with Crippen molar-refractivity contribution in [3.8, 4) is 5.75 Å². The number of aromatic amines is 1. The number of para-hydroxylation sites is 1. The first kappa shape index (κ1) is 27.1. The number of aliphatic hydroxyl groups is 1. The number of ether oxygens (including phenoxy) is 1. The highest BCUT2D eigenvalue weighted by Crippen LogP contribution is 2.48. The molecule has 1 aromatic carbocycles. The van der Waals surface area contributed by atoms with E-state index in [1.54, 1.807) is 34.9 Å². The molecular formula is C25H31N6O7P. The number of benzene rings is 1. The standard InChI is InChI=1S/C25H31N6O7P/c1-14-18(20(32)11-19(14)31-13-27-21-22(31)28-25(26)29-23(21)33)12-36-39(35,38-17-7-4-3-5-8-17)30-15(2)24(34)37-16-9-6-10-16/h3-5,7-8,13,15-16,18-20,32H,1,6,9-12H2,2H3,(H,30,35)(H3,26,28,29,33)/t15-,18?,19-,20-,39-/m0/s1. The second-order valence-electron chi connectivity index (χ2n) is 9.81. The van der Waals surface area contributed by atoms with Crippen LogP contribution < -0.4 is 20.9 Å². The maximum absolute atomic E-state index is 13.8. The van der Waals surface area contributed by atoms with Crippen LogP contribution in [0.3, 0.4) is 0 Å². The van der Waals surface area contributed by atoms with Crippen LogP contribution >= 0.6 is 7.75 Å². The summed E-state index contributed by atoms with van der Waals surface area (Å²) >= 11 is 0. The first-order chi connectivity index (χ1) is 18.6. The SMILES string of the molecule is C=C1C(CO[P@@](=O)(N[C@@H](C)C(=O)OC2CCC2)Oc2ccccc2)[C@@H](O)C[C@@H]1n1cnc2c(=O)[nH]c(N)nc21. The van der Waals surface area contributed by atoms with Crippen molar-refractivity contribution in [1.29, 1.82) is 0 Å². The van der Waals surface area contributed by atoms with E-state index in [0.717, 1.165) is 19.3 Å². The number of anilines is 1. The summed E-state index contributed by atoms with van der Waals surface area (Å²) in [5.41, 5.74) is 6.17. The fourth-order valence-corrected chi connectivity index (χ4v) is 6.17. The third-order valence-electron chi connectivity index (χ3n) is 7.05. The summed E-state index contributed by atoms with van der Waals surface area (Å²) < 4.78 is 32.4. The number of aliphatic hydroxyl groups excluding tert-OH is 1. The third-order valence-corrected chi connectivity index (χ3v) is 8.70. The fraction of sp³-hybridized carbons (Fsp3) is 0.440. The van der Waals surface area contributed by atoms with Crippen LogP contribution in [0.1, 0.15) is 38.6 Å². The molecule has 2 fully saturated rings. The van der Waals surface area contributed by atoms with E-state index in [2.05, 4.69) is 26.6 Å². The minimum absolute atomic E-state index is 0.0617. The Morgan fingerprint density at radius 2 is 2.10 bits per heavy atom. The summed E-state index contributed by atoms with van der Waals surface area (Å²) in [5, 5.41) is 13.6. The fourth-order valence-electron chi connectivity index (χ4n) is 4.65. The van der Waals surface area contributed by atoms with Crippen molar-refractivity contribution < 1.29 is 28.3 Å². The average Bonchev–Trinajstić information content (AvgIpc) is 3.40. The van der Waals surface area contributed by atoms with Gasteiger partial charge in [-0.2, -0.15) is 10.1 Å². The quantitative estimate of drug-likeness (QED) is 0.163. The number of nitrogens with two attached hydrogens (primary N) is 1. The summed E-state index contributed by atoms with van der Waals surface area (Å²) in [4.78, 5) is 35.5. The van der Waals surface area contributed by atoms with Crippen molar-refractivity contribution in [3.05, 3.63) is 59.2 Å². The number of nitrogens with one attached hydrogen (secondary N) is 2. The van der Waals surface area contributed by atoms with Crippen LogP contribution in [-0.4, -0.2) is 55.5 Å². The molecule has 2 saturated carbocycles. The van der Waals surface area contributed by atoms with Gasteiger partial charge >= 0.3 is 13.7 Å². The maximum atomic E-state index is 13.8. The lowest BCUT2D eigenvalue weighted by molar-refractivity contribution is -0.154. The van der Waals surface area contributed by atoms with Gasteiger partial charge < -0.3 is 24.7 Å². The zero-order valence-electron chi connectivity index (χ0n) is 21.4. The lowest BCUT2D eigenvalue weighted by Gasteiger charge is -2.28. The first-order valence-electron chi connectivity index (χ1n) is 12.7. The molecule has 0 aliphatic heterocycles. The number of aromatic nitrogens is 4. The molecule has 39 heavy (non-hydrogen) atoms. The van der Waals surface area contributed by atoms with Crippen LogP contribution in [-0.2, 0) is 18.6 Å². The summed E-state index contributed by atoms with van der Waals surface area (Å²) in [6, 6.07) is 6.98. The Balaban J connectivity index is 1.32. The van der Waals surface area contributed by atoms with Crippen molar-refractivity contribution in [2.75, 3.05) is 12.3 Å². The second kappa shape index (κ2) is 10.9. The molecule has 0 spiro atoms. The van der Waals surface area contributed by atoms with E-state index < -0.39 is 43.4 Å². The Morgan fingerprint density at radius 1 is 1.36 bits per heavy atom. The molecule has 1 unspecified atom stereocenters. The van der Waals surface area contributed by atoms with Gasteiger partial charge in [0.1, 0.15) is 17.9 Å². The van der Waals surface area contributed by atoms with E-state index in [1.807, 2.05) is 0 Å². The number of hydrogen-bond donors (Lipinski definition) is 4. The Kier molecular flexibility index (Phi) is 7.59. The smallest absolute Gasteiger partial charge is 0.459 e. The van der Waals surface area contributed by atoms with Crippen molar-refractivity contribution in [2.45, 2.75) is 56.9 Å². The van der Waals surface area contributed by atoms with Gasteiger partial charge in [0, 0.05) is 5.92 Å². The molecule has 0 saturated heterocycles. The second-order valence-corrected chi connectivity index (χ2v) is 11.5. The van der Waals surface area contributed by atoms with Gasteiger partial charge in [-0.3, -0.25) is 19.1 Å². The van der Waals surface area contributed by atoms with Crippen molar-refractivity contribution in [2.24, 2.45) is 5.92 Å². The summed E-state index contributed by atoms with van der Waals surface area (Å²) in [6.45, 7) is 5.44. The molecule has 208 valence electrons. The van der Waals surface area contributed by atoms with Gasteiger partial charge in [0.15, 0.2) is 11.2 Å². The number of esters is 1. The molecule has 0 radical (unpaired) electrons. The number of nitrogens with zero attached hydrogens (tertiary/aromatic N) is 3. The van der Waals surface area contributed by atoms with Gasteiger partial charge in [-0.15, -0.1) is 0 Å². The Labute approximate surface area is 224 Å². The number of fused-ring (bicyclic) bond motifs is 1. The maximum Gasteiger partial charge on any atom is 0.459 e. The zero-order chi connectivity index (χ0) is 27.7. The largest absolute Gasteiger partial charge is 0.461 e. The predicted octanol–water partition coefficient (Wildman–Crippen LogP) is 2.46. The molecule has 5 N–H and O–H groups in total. The molecule has 2 heterocycles. The van der Waals surface area contributed by atoms with Gasteiger partial charge in [-0.25, -0.2) is 9.55 Å². The number of nitrogen functional groups attached to an aromatic ring is 1. The molecule has 13 nitrogen and oxygen atoms in total. The van der Waals surface area contributed by atoms with E-state index >= 15 is 0 Å². The number of H-pyrrole nitrogens is 1. The zero-order valence-corrected chi connectivity index (χ0v) is 22.3. The number of rotatable bonds is 10. The molecule has 5 atom stereocenters. The van der Waals surface area contributed by atoms with Crippen LogP contribution in [0.2, 0.25) is 0 Å². The topological polar surface area (TPSA) is 184 Å². The van der Waals surface area contributed by atoms with Gasteiger partial charge in [-0.05, 0) is 50.3 Å². The molecule has 0 bridgehead atoms. The Bertz CT molecular complexity index is 1470. The monoisotopic (exact) mass is 558 g/mol. The number of imidazole rings is 1. The van der Waals surface area contributed by atoms with E-state index in [-0.39, 0.29) is 42.0 Å². The first-order valence-corrected chi connectivity index (χ1v) is 14.2. The van der Waals surface area contributed by atoms with Crippen LogP contribution in [0.4, 0.5) is 5.95 Å². The highest BCUT2D eigenvalue weighted by Gasteiger charge is 2.41. The van der Waals surface area contributed by atoms with Crippen molar-refractivity contribution in [1.82, 2.24) is 24.6 Å². The normalized spacial score (nSPS) is 23.7. The van der Waals surface area contributed by atoms with Crippen LogP contribution in [0, 0.1) is 5.92 Å². The van der Waals surface area contributed by atoms with E-state index in [0.29, 0.717) is 5.57 Å². The highest BCUT2D eigenvalue weighted by atomic mass is 31.2. The van der Waals surface area contributed by atoms with Crippen LogP contribution in [0.5, 0.6) is 5.75 Å². The molecule has 2 aliphatic carbocycles. The molecular weight excluding hydrogens is 527 g/mol. The van der Waals surface area contributed by atoms with E-state index in [1.165, 1.54) is 13.3 Å². The highest BCUT2D eigenvalue weighted by molar-refractivity contribution is 7.52. The Hall–Kier alpha value is -3.51. The average molecular weight is 559 g/mol. The number of carbonyl (C=O) groups is 1. The van der Waals surface area contributed by atoms with Gasteiger partial charge in [0.25, 0.3) is 5.56 Å². The number of hydrogen-bond acceptors (Lipinski definition) is 10. The molecule has 3 aromatic rings. The molecule has 2 aliphatic rings. The lowest BCUT2D eigenvalue weighted by atomic mass is 9.96. The number of carbonyl (C=O) groups excluding carboxylic acids is 1. The lowest BCUT2D eigenvalue weighted by Crippen LogP contribution is -2.38. The van der Waals surface area contributed by atoms with Gasteiger partial charge in [0.2, 0.25) is 5.95 Å². The molecule has 5 rings (SSSR count). The van der Waals surface area contributed by atoms with E-state index in [9.17, 15) is 19.3 Å². The summed E-state index contributed by atoms with van der Waals surface area (Å²) in [6.07, 6.45) is 3.24.